The summed E-state index contributed by atoms with van der Waals surface area (Å²) in [5, 5.41) is 18.4. The first-order valence-electron chi connectivity index (χ1n) is 7.96. The Bertz CT molecular complexity index is 486. The molecule has 1 aliphatic rings. The van der Waals surface area contributed by atoms with Crippen molar-refractivity contribution in [1.29, 1.82) is 0 Å². The molecule has 2 N–H and O–H groups in total. The van der Waals surface area contributed by atoms with Crippen molar-refractivity contribution in [1.82, 2.24) is 0 Å². The van der Waals surface area contributed by atoms with Gasteiger partial charge in [0.1, 0.15) is 6.10 Å². The second kappa shape index (κ2) is 11.6. The summed E-state index contributed by atoms with van der Waals surface area (Å²) in [6, 6.07) is 0. The maximum atomic E-state index is 11.1. The topological polar surface area (TPSA) is 66.8 Å². The van der Waals surface area contributed by atoms with Crippen LogP contribution in [0.3, 0.4) is 0 Å². The number of aliphatic hydroxyl groups is 2. The third-order valence-electron chi connectivity index (χ3n) is 3.37. The average molecular weight is 318 g/mol. The highest BCUT2D eigenvalue weighted by atomic mass is 16.5. The van der Waals surface area contributed by atoms with E-state index in [1.54, 1.807) is 30.4 Å². The standard InChI is InChI=1S/C19H26O4/c1-16(12-14-18-9-7-10-19(22)23-18)11-13-17(21)8-5-3-2-4-6-15-20/h2-8,10,12,14,16-18,20-21H,9,11,13,15H2,1H3/b3-2-,6-4+,8-5-,14-12+/t16-,17+,18-/m1/s1. The van der Waals surface area contributed by atoms with Gasteiger partial charge in [0, 0.05) is 12.5 Å². The Labute approximate surface area is 138 Å². The Morgan fingerprint density at radius 3 is 2.78 bits per heavy atom. The summed E-state index contributed by atoms with van der Waals surface area (Å²) in [5.41, 5.74) is 0. The molecule has 0 aromatic rings. The van der Waals surface area contributed by atoms with E-state index in [0.29, 0.717) is 12.3 Å². The van der Waals surface area contributed by atoms with Crippen molar-refractivity contribution in [2.45, 2.75) is 38.4 Å². The Morgan fingerprint density at radius 2 is 2.04 bits per heavy atom. The van der Waals surface area contributed by atoms with E-state index >= 15 is 0 Å². The van der Waals surface area contributed by atoms with Gasteiger partial charge in [0.15, 0.2) is 0 Å². The maximum absolute atomic E-state index is 11.1. The van der Waals surface area contributed by atoms with Crippen molar-refractivity contribution in [2.24, 2.45) is 5.92 Å². The van der Waals surface area contributed by atoms with Crippen molar-refractivity contribution in [2.75, 3.05) is 6.61 Å². The summed E-state index contributed by atoms with van der Waals surface area (Å²) < 4.78 is 5.15. The van der Waals surface area contributed by atoms with Crippen molar-refractivity contribution in [3.8, 4) is 0 Å². The van der Waals surface area contributed by atoms with Crippen molar-refractivity contribution in [3.63, 3.8) is 0 Å². The van der Waals surface area contributed by atoms with Gasteiger partial charge in [-0.25, -0.2) is 4.79 Å². The second-order valence-corrected chi connectivity index (χ2v) is 5.50. The Kier molecular flexibility index (Phi) is 9.68. The molecule has 0 saturated heterocycles. The van der Waals surface area contributed by atoms with Gasteiger partial charge in [0.05, 0.1) is 12.7 Å². The Balaban J connectivity index is 2.24. The molecule has 1 rings (SSSR count). The van der Waals surface area contributed by atoms with Crippen LogP contribution in [-0.4, -0.2) is 35.0 Å². The van der Waals surface area contributed by atoms with Crippen LogP contribution in [0.5, 0.6) is 0 Å². The minimum Gasteiger partial charge on any atom is -0.455 e. The van der Waals surface area contributed by atoms with Crippen molar-refractivity contribution in [3.05, 3.63) is 60.8 Å². The highest BCUT2D eigenvalue weighted by Crippen LogP contribution is 2.14. The monoisotopic (exact) mass is 318 g/mol. The number of cyclic esters (lactones) is 1. The van der Waals surface area contributed by atoms with Crippen LogP contribution in [0.2, 0.25) is 0 Å². The zero-order chi connectivity index (χ0) is 16.9. The molecule has 1 aliphatic heterocycles. The van der Waals surface area contributed by atoms with E-state index in [4.69, 9.17) is 9.84 Å². The maximum Gasteiger partial charge on any atom is 0.331 e. The van der Waals surface area contributed by atoms with Crippen molar-refractivity contribution >= 4 is 5.97 Å². The molecular weight excluding hydrogens is 292 g/mol. The van der Waals surface area contributed by atoms with E-state index in [0.717, 1.165) is 12.8 Å². The number of carbonyl (C=O) groups is 1. The summed E-state index contributed by atoms with van der Waals surface area (Å²) >= 11 is 0. The summed E-state index contributed by atoms with van der Waals surface area (Å²) in [4.78, 5) is 11.1. The zero-order valence-electron chi connectivity index (χ0n) is 13.5. The fraction of sp³-hybridized carbons (Fsp3) is 0.421. The second-order valence-electron chi connectivity index (χ2n) is 5.50. The summed E-state index contributed by atoms with van der Waals surface area (Å²) in [6.45, 7) is 2.10. The first-order chi connectivity index (χ1) is 11.1. The van der Waals surface area contributed by atoms with Crippen LogP contribution in [0.15, 0.2) is 60.8 Å². The van der Waals surface area contributed by atoms with Gasteiger partial charge in [-0.2, -0.15) is 0 Å². The largest absolute Gasteiger partial charge is 0.455 e. The predicted octanol–water partition coefficient (Wildman–Crippen LogP) is 2.85. The number of carbonyl (C=O) groups excluding carboxylic acids is 1. The van der Waals surface area contributed by atoms with E-state index in [-0.39, 0.29) is 18.7 Å². The van der Waals surface area contributed by atoms with Crippen LogP contribution >= 0.6 is 0 Å². The molecule has 0 amide bonds. The highest BCUT2D eigenvalue weighted by Gasteiger charge is 2.12. The quantitative estimate of drug-likeness (QED) is 0.390. The molecule has 0 aromatic heterocycles. The lowest BCUT2D eigenvalue weighted by atomic mass is 10.0. The van der Waals surface area contributed by atoms with Crippen LogP contribution in [0.1, 0.15) is 26.2 Å². The third kappa shape index (κ3) is 9.66. The average Bonchev–Trinajstić information content (AvgIpc) is 2.54. The van der Waals surface area contributed by atoms with Gasteiger partial charge in [0.25, 0.3) is 0 Å². The molecule has 23 heavy (non-hydrogen) atoms. The van der Waals surface area contributed by atoms with Gasteiger partial charge >= 0.3 is 5.97 Å². The first-order valence-corrected chi connectivity index (χ1v) is 7.96. The molecule has 0 aliphatic carbocycles. The fourth-order valence-electron chi connectivity index (χ4n) is 2.05. The lowest BCUT2D eigenvalue weighted by molar-refractivity contribution is -0.141. The van der Waals surface area contributed by atoms with Gasteiger partial charge in [-0.05, 0) is 24.8 Å². The van der Waals surface area contributed by atoms with E-state index in [1.165, 1.54) is 6.08 Å². The zero-order valence-corrected chi connectivity index (χ0v) is 13.5. The number of hydrogen-bond donors (Lipinski definition) is 2. The summed E-state index contributed by atoms with van der Waals surface area (Å²) in [7, 11) is 0. The molecule has 4 heteroatoms. The summed E-state index contributed by atoms with van der Waals surface area (Å²) in [5.74, 6) is 0.0201. The first kappa shape index (κ1) is 19.1. The number of esters is 1. The van der Waals surface area contributed by atoms with Gasteiger partial charge in [-0.3, -0.25) is 0 Å². The minimum absolute atomic E-state index is 0.0262. The predicted molar refractivity (Wildman–Crippen MR) is 91.7 cm³/mol. The number of hydrogen-bond acceptors (Lipinski definition) is 4. The molecule has 0 saturated carbocycles. The highest BCUT2D eigenvalue weighted by molar-refractivity contribution is 5.82. The molecule has 1 heterocycles. The van der Waals surface area contributed by atoms with Crippen LogP contribution in [0.25, 0.3) is 0 Å². The molecule has 3 atom stereocenters. The number of ether oxygens (including phenoxy) is 1. The van der Waals surface area contributed by atoms with E-state index in [9.17, 15) is 9.90 Å². The molecule has 0 fully saturated rings. The SMILES string of the molecule is C[C@@H](/C=C/[C@H]1CC=CC(=O)O1)CC[C@@H](O)\C=C/C=C\C=C\CO. The summed E-state index contributed by atoms with van der Waals surface area (Å²) in [6.07, 6.45) is 19.3. The smallest absolute Gasteiger partial charge is 0.331 e. The Hall–Kier alpha value is -1.91. The molecular formula is C19H26O4. The number of rotatable bonds is 9. The minimum atomic E-state index is -0.479. The van der Waals surface area contributed by atoms with E-state index in [1.807, 2.05) is 24.3 Å². The van der Waals surface area contributed by atoms with Crippen LogP contribution in [-0.2, 0) is 9.53 Å². The molecule has 4 nitrogen and oxygen atoms in total. The van der Waals surface area contributed by atoms with Gasteiger partial charge < -0.3 is 14.9 Å². The normalized spacial score (nSPS) is 21.7. The Morgan fingerprint density at radius 1 is 1.26 bits per heavy atom. The van der Waals surface area contributed by atoms with Gasteiger partial charge in [-0.15, -0.1) is 0 Å². The molecule has 0 radical (unpaired) electrons. The third-order valence-corrected chi connectivity index (χ3v) is 3.37. The lowest BCUT2D eigenvalue weighted by Gasteiger charge is -2.15. The molecule has 126 valence electrons. The van der Waals surface area contributed by atoms with Crippen LogP contribution in [0, 0.1) is 5.92 Å². The van der Waals surface area contributed by atoms with E-state index in [2.05, 4.69) is 6.92 Å². The van der Waals surface area contributed by atoms with Crippen LogP contribution < -0.4 is 0 Å². The van der Waals surface area contributed by atoms with Crippen molar-refractivity contribution < 1.29 is 19.7 Å². The fourth-order valence-corrected chi connectivity index (χ4v) is 2.05. The van der Waals surface area contributed by atoms with E-state index < -0.39 is 6.10 Å². The molecule has 0 aromatic carbocycles. The van der Waals surface area contributed by atoms with Crippen LogP contribution in [0.4, 0.5) is 0 Å². The van der Waals surface area contributed by atoms with Gasteiger partial charge in [-0.1, -0.05) is 55.5 Å². The lowest BCUT2D eigenvalue weighted by Crippen LogP contribution is -2.17. The molecule has 0 bridgehead atoms. The molecule has 0 spiro atoms. The number of aliphatic hydroxyl groups excluding tert-OH is 2. The van der Waals surface area contributed by atoms with Gasteiger partial charge in [0.2, 0.25) is 0 Å². The number of allylic oxidation sites excluding steroid dienone is 5. The molecule has 0 unspecified atom stereocenters.